The number of benzene rings is 1. The number of hydrogen-bond acceptors (Lipinski definition) is 1. The normalized spacial score (nSPS) is 15.9. The highest BCUT2D eigenvalue weighted by atomic mass is 16.2. The van der Waals surface area contributed by atoms with E-state index in [9.17, 15) is 4.79 Å². The van der Waals surface area contributed by atoms with E-state index in [4.69, 9.17) is 0 Å². The summed E-state index contributed by atoms with van der Waals surface area (Å²) < 4.78 is 0. The molecule has 0 radical (unpaired) electrons. The second kappa shape index (κ2) is 8.02. The first-order valence-electron chi connectivity index (χ1n) is 8.50. The van der Waals surface area contributed by atoms with Crippen molar-refractivity contribution in [3.8, 4) is 0 Å². The van der Waals surface area contributed by atoms with Gasteiger partial charge in [0.25, 0.3) is 0 Å². The number of anilines is 1. The lowest BCUT2D eigenvalue weighted by atomic mass is 10.0. The van der Waals surface area contributed by atoms with E-state index in [1.807, 2.05) is 6.20 Å². The van der Waals surface area contributed by atoms with Gasteiger partial charge in [-0.15, -0.1) is 0 Å². The molecular weight excluding hydrogens is 272 g/mol. The van der Waals surface area contributed by atoms with Gasteiger partial charge in [0.05, 0.1) is 0 Å². The van der Waals surface area contributed by atoms with Crippen molar-refractivity contribution in [1.29, 1.82) is 0 Å². The summed E-state index contributed by atoms with van der Waals surface area (Å²) in [7, 11) is 0. The molecule has 0 atom stereocenters. The van der Waals surface area contributed by atoms with Crippen LogP contribution in [0.25, 0.3) is 0 Å². The number of nitrogens with one attached hydrogen (secondary N) is 2. The Labute approximate surface area is 134 Å². The molecule has 3 nitrogen and oxygen atoms in total. The molecule has 3 heteroatoms. The number of aryl methyl sites for hydroxylation is 2. The molecule has 2 rings (SSSR count). The summed E-state index contributed by atoms with van der Waals surface area (Å²) in [5.74, 6) is 0.648. The van der Waals surface area contributed by atoms with Crippen molar-refractivity contribution < 1.29 is 4.79 Å². The van der Waals surface area contributed by atoms with Crippen LogP contribution in [-0.2, 0) is 12.8 Å². The average Bonchev–Trinajstić information content (AvgIpc) is 3.07. The number of amides is 2. The summed E-state index contributed by atoms with van der Waals surface area (Å²) in [5.41, 5.74) is 4.63. The summed E-state index contributed by atoms with van der Waals surface area (Å²) in [6.07, 6.45) is 8.85. The van der Waals surface area contributed by atoms with Gasteiger partial charge in [-0.05, 0) is 49.7 Å². The molecule has 0 aromatic heterocycles. The lowest BCUT2D eigenvalue weighted by molar-refractivity contribution is 0.255. The molecule has 1 aliphatic carbocycles. The first-order chi connectivity index (χ1) is 10.7. The van der Waals surface area contributed by atoms with Crippen molar-refractivity contribution in [3.05, 3.63) is 41.1 Å². The summed E-state index contributed by atoms with van der Waals surface area (Å²) in [6.45, 7) is 6.34. The van der Waals surface area contributed by atoms with Crippen LogP contribution in [0.3, 0.4) is 0 Å². The van der Waals surface area contributed by atoms with E-state index in [0.29, 0.717) is 5.92 Å². The van der Waals surface area contributed by atoms with Crippen LogP contribution in [0.2, 0.25) is 0 Å². The maximum Gasteiger partial charge on any atom is 0.323 e. The molecule has 120 valence electrons. The lowest BCUT2D eigenvalue weighted by Crippen LogP contribution is -2.26. The molecule has 2 N–H and O–H groups in total. The summed E-state index contributed by atoms with van der Waals surface area (Å²) in [5, 5.41) is 5.93. The van der Waals surface area contributed by atoms with Crippen molar-refractivity contribution in [1.82, 2.24) is 5.32 Å². The standard InChI is InChI=1S/C19H28N2O/c1-4-15-11-8-12-16(5-2)18(15)21-19(22)20-13-14(3)17-9-6-7-10-17/h8,11-13,17H,4-7,9-10H2,1-3H3,(H2,20,21,22)/b14-13+. The van der Waals surface area contributed by atoms with Gasteiger partial charge in [-0.2, -0.15) is 0 Å². The second-order valence-corrected chi connectivity index (χ2v) is 6.13. The zero-order valence-corrected chi connectivity index (χ0v) is 14.0. The number of para-hydroxylation sites is 1. The third-order valence-electron chi connectivity index (χ3n) is 4.67. The maximum atomic E-state index is 12.2. The molecule has 0 bridgehead atoms. The van der Waals surface area contributed by atoms with Crippen LogP contribution < -0.4 is 10.6 Å². The Morgan fingerprint density at radius 3 is 2.32 bits per heavy atom. The molecule has 1 aromatic carbocycles. The fourth-order valence-electron chi connectivity index (χ4n) is 3.23. The number of urea groups is 1. The number of hydrogen-bond donors (Lipinski definition) is 2. The zero-order chi connectivity index (χ0) is 15.9. The second-order valence-electron chi connectivity index (χ2n) is 6.13. The molecule has 0 heterocycles. The monoisotopic (exact) mass is 300 g/mol. The van der Waals surface area contributed by atoms with Crippen LogP contribution in [0.5, 0.6) is 0 Å². The molecule has 0 spiro atoms. The van der Waals surface area contributed by atoms with E-state index in [1.165, 1.54) is 42.4 Å². The fraction of sp³-hybridized carbons (Fsp3) is 0.526. The molecule has 1 fully saturated rings. The van der Waals surface area contributed by atoms with Gasteiger partial charge in [-0.1, -0.05) is 50.5 Å². The Hall–Kier alpha value is -1.77. The van der Waals surface area contributed by atoms with Gasteiger partial charge >= 0.3 is 6.03 Å². The minimum atomic E-state index is -0.145. The summed E-state index contributed by atoms with van der Waals surface area (Å²) in [6, 6.07) is 6.07. The largest absolute Gasteiger partial charge is 0.323 e. The molecule has 1 aliphatic rings. The summed E-state index contributed by atoms with van der Waals surface area (Å²) >= 11 is 0. The Kier molecular flexibility index (Phi) is 6.05. The minimum Gasteiger partial charge on any atom is -0.314 e. The van der Waals surface area contributed by atoms with Crippen LogP contribution in [-0.4, -0.2) is 6.03 Å². The van der Waals surface area contributed by atoms with Crippen LogP contribution in [0.1, 0.15) is 57.6 Å². The number of rotatable bonds is 5. The Balaban J connectivity index is 2.01. The topological polar surface area (TPSA) is 41.1 Å². The molecule has 0 unspecified atom stereocenters. The minimum absolute atomic E-state index is 0.145. The van der Waals surface area contributed by atoms with Gasteiger partial charge in [0.1, 0.15) is 0 Å². The van der Waals surface area contributed by atoms with Gasteiger partial charge in [0, 0.05) is 11.9 Å². The molecular formula is C19H28N2O. The van der Waals surface area contributed by atoms with Gasteiger partial charge in [-0.3, -0.25) is 0 Å². The maximum absolute atomic E-state index is 12.2. The zero-order valence-electron chi connectivity index (χ0n) is 14.0. The van der Waals surface area contributed by atoms with E-state index in [1.54, 1.807) is 0 Å². The molecule has 0 aliphatic heterocycles. The van der Waals surface area contributed by atoms with Gasteiger partial charge in [-0.25, -0.2) is 4.79 Å². The third kappa shape index (κ3) is 4.12. The van der Waals surface area contributed by atoms with E-state index in [-0.39, 0.29) is 6.03 Å². The van der Waals surface area contributed by atoms with E-state index < -0.39 is 0 Å². The first kappa shape index (κ1) is 16.6. The predicted octanol–water partition coefficient (Wildman–Crippen LogP) is 5.03. The average molecular weight is 300 g/mol. The molecule has 1 aromatic rings. The van der Waals surface area contributed by atoms with Crippen LogP contribution in [0.15, 0.2) is 30.0 Å². The highest BCUT2D eigenvalue weighted by molar-refractivity contribution is 5.91. The van der Waals surface area contributed by atoms with Gasteiger partial charge < -0.3 is 10.6 Å². The molecule has 1 saturated carbocycles. The SMILES string of the molecule is CCc1cccc(CC)c1NC(=O)N/C=C(\C)C1CCCC1. The number of allylic oxidation sites excluding steroid dienone is 1. The highest BCUT2D eigenvalue weighted by Crippen LogP contribution is 2.30. The van der Waals surface area contributed by atoms with Crippen molar-refractivity contribution in [2.24, 2.45) is 5.92 Å². The van der Waals surface area contributed by atoms with E-state index in [0.717, 1.165) is 18.5 Å². The Morgan fingerprint density at radius 2 is 1.77 bits per heavy atom. The van der Waals surface area contributed by atoms with E-state index in [2.05, 4.69) is 49.6 Å². The Bertz CT molecular complexity index is 520. The highest BCUT2D eigenvalue weighted by Gasteiger charge is 2.16. The summed E-state index contributed by atoms with van der Waals surface area (Å²) in [4.78, 5) is 12.2. The third-order valence-corrected chi connectivity index (χ3v) is 4.67. The Morgan fingerprint density at radius 1 is 1.18 bits per heavy atom. The smallest absolute Gasteiger partial charge is 0.314 e. The van der Waals surface area contributed by atoms with Crippen molar-refractivity contribution in [3.63, 3.8) is 0 Å². The van der Waals surface area contributed by atoms with Crippen LogP contribution in [0.4, 0.5) is 10.5 Å². The van der Waals surface area contributed by atoms with Crippen molar-refractivity contribution in [2.75, 3.05) is 5.32 Å². The van der Waals surface area contributed by atoms with Crippen LogP contribution in [0, 0.1) is 5.92 Å². The van der Waals surface area contributed by atoms with Gasteiger partial charge in [0.2, 0.25) is 0 Å². The molecule has 22 heavy (non-hydrogen) atoms. The van der Waals surface area contributed by atoms with E-state index >= 15 is 0 Å². The van der Waals surface area contributed by atoms with Crippen molar-refractivity contribution >= 4 is 11.7 Å². The molecule has 2 amide bonds. The fourth-order valence-corrected chi connectivity index (χ4v) is 3.23. The van der Waals surface area contributed by atoms with Crippen molar-refractivity contribution in [2.45, 2.75) is 59.3 Å². The van der Waals surface area contributed by atoms with Crippen LogP contribution >= 0.6 is 0 Å². The quantitative estimate of drug-likeness (QED) is 0.787. The molecule has 0 saturated heterocycles. The lowest BCUT2D eigenvalue weighted by Gasteiger charge is -2.15. The number of carbonyl (C=O) groups excluding carboxylic acids is 1. The predicted molar refractivity (Wildman–Crippen MR) is 93.1 cm³/mol. The first-order valence-corrected chi connectivity index (χ1v) is 8.50. The number of carbonyl (C=O) groups is 1. The van der Waals surface area contributed by atoms with Gasteiger partial charge in [0.15, 0.2) is 0 Å².